The molecule has 0 aliphatic rings. The summed E-state index contributed by atoms with van der Waals surface area (Å²) in [6, 6.07) is 16.7. The monoisotopic (exact) mass is 281 g/mol. The maximum atomic E-state index is 10.8. The number of hydrogen-bond donors (Lipinski definition) is 1. The molecule has 0 aliphatic carbocycles. The summed E-state index contributed by atoms with van der Waals surface area (Å²) in [5.41, 5.74) is 1.45. The molecule has 0 fully saturated rings. The largest absolute Gasteiger partial charge is 0.492 e. The molecule has 4 heteroatoms. The van der Waals surface area contributed by atoms with Gasteiger partial charge in [0.1, 0.15) is 12.4 Å². The average molecular weight is 281 g/mol. The van der Waals surface area contributed by atoms with Gasteiger partial charge in [-0.1, -0.05) is 18.2 Å². The second kappa shape index (κ2) is 5.71. The molecule has 1 aromatic heterocycles. The number of fused-ring (bicyclic) bond motifs is 1. The summed E-state index contributed by atoms with van der Waals surface area (Å²) < 4.78 is 7.79. The fourth-order valence-electron chi connectivity index (χ4n) is 2.29. The maximum absolute atomic E-state index is 10.8. The Balaban J connectivity index is 1.62. The van der Waals surface area contributed by atoms with Gasteiger partial charge < -0.3 is 14.4 Å². The number of carbonyl (C=O) groups is 1. The van der Waals surface area contributed by atoms with E-state index < -0.39 is 5.97 Å². The van der Waals surface area contributed by atoms with E-state index in [9.17, 15) is 4.79 Å². The Morgan fingerprint density at radius 1 is 1.05 bits per heavy atom. The molecule has 3 aromatic rings. The summed E-state index contributed by atoms with van der Waals surface area (Å²) in [4.78, 5) is 10.8. The molecule has 0 radical (unpaired) electrons. The Labute approximate surface area is 122 Å². The van der Waals surface area contributed by atoms with Crippen LogP contribution in [0.2, 0.25) is 0 Å². The van der Waals surface area contributed by atoms with Crippen LogP contribution >= 0.6 is 0 Å². The van der Waals surface area contributed by atoms with Crippen molar-refractivity contribution >= 4 is 16.9 Å². The fraction of sp³-hybridized carbons (Fsp3) is 0.118. The SMILES string of the molecule is O=C(O)c1ccc(OCCn2ccc3ccccc32)cc1. The standard InChI is InChI=1S/C17H15NO3/c19-17(20)14-5-7-15(8-6-14)21-12-11-18-10-9-13-3-1-2-4-16(13)18/h1-10H,11-12H2,(H,19,20). The number of hydrogen-bond acceptors (Lipinski definition) is 2. The van der Waals surface area contributed by atoms with Crippen LogP contribution in [0.3, 0.4) is 0 Å². The van der Waals surface area contributed by atoms with E-state index >= 15 is 0 Å². The summed E-state index contributed by atoms with van der Waals surface area (Å²) >= 11 is 0. The molecule has 1 N–H and O–H groups in total. The third kappa shape index (κ3) is 2.89. The van der Waals surface area contributed by atoms with E-state index in [4.69, 9.17) is 9.84 Å². The lowest BCUT2D eigenvalue weighted by Crippen LogP contribution is -2.07. The molecule has 0 aliphatic heterocycles. The smallest absolute Gasteiger partial charge is 0.335 e. The van der Waals surface area contributed by atoms with E-state index in [-0.39, 0.29) is 5.56 Å². The Bertz CT molecular complexity index is 759. The van der Waals surface area contributed by atoms with Crippen LogP contribution in [0.1, 0.15) is 10.4 Å². The van der Waals surface area contributed by atoms with Crippen molar-refractivity contribution in [3.05, 3.63) is 66.4 Å². The highest BCUT2D eigenvalue weighted by Gasteiger charge is 2.03. The predicted molar refractivity (Wildman–Crippen MR) is 80.8 cm³/mol. The van der Waals surface area contributed by atoms with Gasteiger partial charge in [-0.05, 0) is 41.8 Å². The van der Waals surface area contributed by atoms with E-state index in [0.717, 1.165) is 6.54 Å². The molecule has 106 valence electrons. The summed E-state index contributed by atoms with van der Waals surface area (Å²) in [5.74, 6) is -0.253. The highest BCUT2D eigenvalue weighted by Crippen LogP contribution is 2.16. The fourth-order valence-corrected chi connectivity index (χ4v) is 2.29. The Morgan fingerprint density at radius 3 is 2.57 bits per heavy atom. The number of carboxylic acids is 1. The minimum Gasteiger partial charge on any atom is -0.492 e. The zero-order valence-corrected chi connectivity index (χ0v) is 11.4. The lowest BCUT2D eigenvalue weighted by molar-refractivity contribution is 0.0697. The molecular weight excluding hydrogens is 266 g/mol. The molecule has 4 nitrogen and oxygen atoms in total. The van der Waals surface area contributed by atoms with E-state index in [1.165, 1.54) is 10.9 Å². The van der Waals surface area contributed by atoms with Crippen LogP contribution in [0.15, 0.2) is 60.8 Å². The number of aromatic carboxylic acids is 1. The predicted octanol–water partition coefficient (Wildman–Crippen LogP) is 3.42. The molecule has 0 amide bonds. The molecule has 2 aromatic carbocycles. The van der Waals surface area contributed by atoms with Gasteiger partial charge in [0.2, 0.25) is 0 Å². The molecular formula is C17H15NO3. The van der Waals surface area contributed by atoms with Crippen LogP contribution in [0.4, 0.5) is 0 Å². The molecule has 0 saturated heterocycles. The van der Waals surface area contributed by atoms with E-state index in [1.54, 1.807) is 24.3 Å². The Morgan fingerprint density at radius 2 is 1.81 bits per heavy atom. The topological polar surface area (TPSA) is 51.5 Å². The number of para-hydroxylation sites is 1. The van der Waals surface area contributed by atoms with E-state index in [1.807, 2.05) is 18.3 Å². The number of rotatable bonds is 5. The van der Waals surface area contributed by atoms with Crippen molar-refractivity contribution < 1.29 is 14.6 Å². The molecule has 0 spiro atoms. The van der Waals surface area contributed by atoms with Crippen LogP contribution in [0.25, 0.3) is 10.9 Å². The molecule has 0 bridgehead atoms. The summed E-state index contributed by atoms with van der Waals surface area (Å²) in [6.45, 7) is 1.28. The van der Waals surface area contributed by atoms with Crippen LogP contribution < -0.4 is 4.74 Å². The second-order valence-electron chi connectivity index (χ2n) is 4.75. The van der Waals surface area contributed by atoms with Gasteiger partial charge in [-0.3, -0.25) is 0 Å². The van der Waals surface area contributed by atoms with Crippen molar-refractivity contribution in [2.45, 2.75) is 6.54 Å². The van der Waals surface area contributed by atoms with Gasteiger partial charge in [0.25, 0.3) is 0 Å². The lowest BCUT2D eigenvalue weighted by Gasteiger charge is -2.08. The van der Waals surface area contributed by atoms with Crippen LogP contribution in [0, 0.1) is 0 Å². The average Bonchev–Trinajstić information content (AvgIpc) is 2.91. The Hall–Kier alpha value is -2.75. The minimum atomic E-state index is -0.930. The first-order chi connectivity index (χ1) is 10.2. The van der Waals surface area contributed by atoms with Crippen molar-refractivity contribution in [3.63, 3.8) is 0 Å². The van der Waals surface area contributed by atoms with Crippen molar-refractivity contribution in [1.82, 2.24) is 4.57 Å². The number of ether oxygens (including phenoxy) is 1. The lowest BCUT2D eigenvalue weighted by atomic mass is 10.2. The molecule has 21 heavy (non-hydrogen) atoms. The molecule has 1 heterocycles. The zero-order chi connectivity index (χ0) is 14.7. The number of aromatic nitrogens is 1. The van der Waals surface area contributed by atoms with E-state index in [0.29, 0.717) is 12.4 Å². The third-order valence-electron chi connectivity index (χ3n) is 3.38. The van der Waals surface area contributed by atoms with Crippen LogP contribution in [-0.2, 0) is 6.54 Å². The maximum Gasteiger partial charge on any atom is 0.335 e. The van der Waals surface area contributed by atoms with Crippen molar-refractivity contribution in [2.24, 2.45) is 0 Å². The number of carboxylic acid groups (broad SMARTS) is 1. The first kappa shape index (κ1) is 13.2. The molecule has 0 unspecified atom stereocenters. The second-order valence-corrected chi connectivity index (χ2v) is 4.75. The normalized spacial score (nSPS) is 10.7. The minimum absolute atomic E-state index is 0.263. The van der Waals surface area contributed by atoms with Gasteiger partial charge in [0.15, 0.2) is 0 Å². The quantitative estimate of drug-likeness (QED) is 0.779. The molecule has 3 rings (SSSR count). The van der Waals surface area contributed by atoms with Crippen LogP contribution in [-0.4, -0.2) is 22.2 Å². The van der Waals surface area contributed by atoms with Gasteiger partial charge in [0.05, 0.1) is 12.1 Å². The van der Waals surface area contributed by atoms with Gasteiger partial charge in [-0.25, -0.2) is 4.79 Å². The van der Waals surface area contributed by atoms with Crippen LogP contribution in [0.5, 0.6) is 5.75 Å². The number of benzene rings is 2. The highest BCUT2D eigenvalue weighted by atomic mass is 16.5. The molecule has 0 atom stereocenters. The van der Waals surface area contributed by atoms with Gasteiger partial charge >= 0.3 is 5.97 Å². The molecule has 0 saturated carbocycles. The third-order valence-corrected chi connectivity index (χ3v) is 3.38. The first-order valence-electron chi connectivity index (χ1n) is 6.74. The van der Waals surface area contributed by atoms with Gasteiger partial charge in [-0.15, -0.1) is 0 Å². The van der Waals surface area contributed by atoms with Crippen molar-refractivity contribution in [3.8, 4) is 5.75 Å². The highest BCUT2D eigenvalue weighted by molar-refractivity contribution is 5.87. The summed E-state index contributed by atoms with van der Waals surface area (Å²) in [6.07, 6.45) is 2.04. The first-order valence-corrected chi connectivity index (χ1v) is 6.74. The summed E-state index contributed by atoms with van der Waals surface area (Å²) in [7, 11) is 0. The summed E-state index contributed by atoms with van der Waals surface area (Å²) in [5, 5.41) is 10.0. The Kier molecular flexibility index (Phi) is 3.60. The van der Waals surface area contributed by atoms with E-state index in [2.05, 4.69) is 22.8 Å². The van der Waals surface area contributed by atoms with Gasteiger partial charge in [-0.2, -0.15) is 0 Å². The number of nitrogens with zero attached hydrogens (tertiary/aromatic N) is 1. The van der Waals surface area contributed by atoms with Gasteiger partial charge in [0, 0.05) is 11.7 Å². The van der Waals surface area contributed by atoms with Crippen molar-refractivity contribution in [1.29, 1.82) is 0 Å². The zero-order valence-electron chi connectivity index (χ0n) is 11.4. The van der Waals surface area contributed by atoms with Crippen molar-refractivity contribution in [2.75, 3.05) is 6.61 Å².